The third-order valence-corrected chi connectivity index (χ3v) is 3.72. The van der Waals surface area contributed by atoms with Gasteiger partial charge in [-0.05, 0) is 19.1 Å². The summed E-state index contributed by atoms with van der Waals surface area (Å²) in [5, 5.41) is 8.08. The Hall–Kier alpha value is -1.43. The first-order valence-corrected chi connectivity index (χ1v) is 7.13. The Morgan fingerprint density at radius 3 is 3.10 bits per heavy atom. The molecule has 106 valence electrons. The van der Waals surface area contributed by atoms with E-state index in [9.17, 15) is 0 Å². The van der Waals surface area contributed by atoms with Gasteiger partial charge in [0.1, 0.15) is 0 Å². The smallest absolute Gasteiger partial charge is 0.259 e. The van der Waals surface area contributed by atoms with Crippen LogP contribution in [-0.4, -0.2) is 40.7 Å². The lowest BCUT2D eigenvalue weighted by atomic mass is 10.2. The fourth-order valence-corrected chi connectivity index (χ4v) is 2.63. The predicted octanol–water partition coefficient (Wildman–Crippen LogP) is 2.18. The molecule has 1 saturated heterocycles. The average molecular weight is 293 g/mol. The predicted molar refractivity (Wildman–Crippen MR) is 77.5 cm³/mol. The molecule has 0 radical (unpaired) electrons. The van der Waals surface area contributed by atoms with E-state index in [4.69, 9.17) is 16.1 Å². The normalized spacial score (nSPS) is 20.2. The SMILES string of the molecule is C[C@@H]1CN(Cc2noc(-c3ccccc3Cl)n2)CCN1. The minimum atomic E-state index is 0.480. The number of nitrogens with zero attached hydrogens (tertiary/aromatic N) is 3. The summed E-state index contributed by atoms with van der Waals surface area (Å²) in [5.41, 5.74) is 0.779. The molecule has 1 fully saturated rings. The van der Waals surface area contributed by atoms with E-state index in [1.54, 1.807) is 0 Å². The molecule has 2 heterocycles. The van der Waals surface area contributed by atoms with Gasteiger partial charge in [0.2, 0.25) is 0 Å². The molecule has 20 heavy (non-hydrogen) atoms. The Morgan fingerprint density at radius 1 is 1.45 bits per heavy atom. The van der Waals surface area contributed by atoms with Crippen molar-refractivity contribution >= 4 is 11.6 Å². The van der Waals surface area contributed by atoms with E-state index >= 15 is 0 Å². The Labute approximate surface area is 122 Å². The molecule has 5 nitrogen and oxygen atoms in total. The Balaban J connectivity index is 1.72. The molecule has 1 N–H and O–H groups in total. The van der Waals surface area contributed by atoms with Crippen molar-refractivity contribution in [1.29, 1.82) is 0 Å². The number of hydrogen-bond acceptors (Lipinski definition) is 5. The summed E-state index contributed by atoms with van der Waals surface area (Å²) < 4.78 is 5.31. The minimum Gasteiger partial charge on any atom is -0.334 e. The molecule has 1 atom stereocenters. The number of aromatic nitrogens is 2. The summed E-state index contributed by atoms with van der Waals surface area (Å²) in [7, 11) is 0. The van der Waals surface area contributed by atoms with Gasteiger partial charge in [0.25, 0.3) is 5.89 Å². The van der Waals surface area contributed by atoms with Gasteiger partial charge < -0.3 is 9.84 Å². The third kappa shape index (κ3) is 3.00. The lowest BCUT2D eigenvalue weighted by Gasteiger charge is -2.30. The quantitative estimate of drug-likeness (QED) is 0.940. The molecule has 0 unspecified atom stereocenters. The van der Waals surface area contributed by atoms with Crippen LogP contribution in [0.3, 0.4) is 0 Å². The van der Waals surface area contributed by atoms with Crippen LogP contribution < -0.4 is 5.32 Å². The molecule has 3 rings (SSSR count). The summed E-state index contributed by atoms with van der Waals surface area (Å²) >= 11 is 6.13. The van der Waals surface area contributed by atoms with Crippen LogP contribution >= 0.6 is 11.6 Å². The minimum absolute atomic E-state index is 0.480. The van der Waals surface area contributed by atoms with E-state index < -0.39 is 0 Å². The maximum atomic E-state index is 6.13. The van der Waals surface area contributed by atoms with E-state index in [0.29, 0.717) is 29.3 Å². The van der Waals surface area contributed by atoms with Crippen LogP contribution in [0, 0.1) is 0 Å². The van der Waals surface area contributed by atoms with Gasteiger partial charge in [0.05, 0.1) is 17.1 Å². The molecule has 0 aliphatic carbocycles. The topological polar surface area (TPSA) is 54.2 Å². The molecule has 6 heteroatoms. The first-order valence-electron chi connectivity index (χ1n) is 6.75. The molecule has 0 amide bonds. The molecule has 0 saturated carbocycles. The highest BCUT2D eigenvalue weighted by molar-refractivity contribution is 6.33. The van der Waals surface area contributed by atoms with Crippen LogP contribution in [0.4, 0.5) is 0 Å². The lowest BCUT2D eigenvalue weighted by molar-refractivity contribution is 0.193. The summed E-state index contributed by atoms with van der Waals surface area (Å²) in [5.74, 6) is 1.18. The second-order valence-electron chi connectivity index (χ2n) is 5.09. The summed E-state index contributed by atoms with van der Waals surface area (Å²) in [6.07, 6.45) is 0. The molecule has 0 spiro atoms. The van der Waals surface area contributed by atoms with E-state index in [2.05, 4.69) is 27.3 Å². The Morgan fingerprint density at radius 2 is 2.30 bits per heavy atom. The fraction of sp³-hybridized carbons (Fsp3) is 0.429. The zero-order chi connectivity index (χ0) is 13.9. The van der Waals surface area contributed by atoms with Crippen molar-refractivity contribution in [1.82, 2.24) is 20.4 Å². The third-order valence-electron chi connectivity index (χ3n) is 3.39. The van der Waals surface area contributed by atoms with Gasteiger partial charge in [-0.25, -0.2) is 0 Å². The van der Waals surface area contributed by atoms with Crippen LogP contribution in [0.5, 0.6) is 0 Å². The molecular weight excluding hydrogens is 276 g/mol. The van der Waals surface area contributed by atoms with Crippen LogP contribution in [0.1, 0.15) is 12.7 Å². The van der Waals surface area contributed by atoms with Gasteiger partial charge >= 0.3 is 0 Å². The van der Waals surface area contributed by atoms with E-state index in [-0.39, 0.29) is 0 Å². The second kappa shape index (κ2) is 5.91. The molecule has 0 bridgehead atoms. The van der Waals surface area contributed by atoms with Gasteiger partial charge in [-0.15, -0.1) is 0 Å². The van der Waals surface area contributed by atoms with Crippen LogP contribution in [0.15, 0.2) is 28.8 Å². The maximum absolute atomic E-state index is 6.13. The largest absolute Gasteiger partial charge is 0.334 e. The van der Waals surface area contributed by atoms with Gasteiger partial charge in [0.15, 0.2) is 5.82 Å². The monoisotopic (exact) mass is 292 g/mol. The highest BCUT2D eigenvalue weighted by Gasteiger charge is 2.18. The highest BCUT2D eigenvalue weighted by atomic mass is 35.5. The summed E-state index contributed by atoms with van der Waals surface area (Å²) in [6.45, 7) is 5.88. The fourth-order valence-electron chi connectivity index (χ4n) is 2.42. The molecule has 1 aromatic carbocycles. The van der Waals surface area contributed by atoms with E-state index in [1.165, 1.54) is 0 Å². The van der Waals surface area contributed by atoms with Gasteiger partial charge in [-0.2, -0.15) is 4.98 Å². The van der Waals surface area contributed by atoms with Crippen molar-refractivity contribution < 1.29 is 4.52 Å². The van der Waals surface area contributed by atoms with Gasteiger partial charge in [0, 0.05) is 25.7 Å². The van der Waals surface area contributed by atoms with Crippen LogP contribution in [0.2, 0.25) is 5.02 Å². The molecule has 2 aromatic rings. The van der Waals surface area contributed by atoms with Gasteiger partial charge in [-0.3, -0.25) is 4.90 Å². The van der Waals surface area contributed by atoms with Crippen molar-refractivity contribution in [3.8, 4) is 11.5 Å². The Bertz CT molecular complexity index is 586. The second-order valence-corrected chi connectivity index (χ2v) is 5.49. The number of piperazine rings is 1. The number of halogens is 1. The van der Waals surface area contributed by atoms with E-state index in [0.717, 1.165) is 25.2 Å². The number of nitrogens with one attached hydrogen (secondary N) is 1. The van der Waals surface area contributed by atoms with Gasteiger partial charge in [-0.1, -0.05) is 28.9 Å². The van der Waals surface area contributed by atoms with E-state index in [1.807, 2.05) is 24.3 Å². The zero-order valence-corrected chi connectivity index (χ0v) is 12.1. The molecular formula is C14H17ClN4O. The summed E-state index contributed by atoms with van der Waals surface area (Å²) in [4.78, 5) is 6.76. The number of benzene rings is 1. The molecule has 1 aliphatic rings. The standard InChI is InChI=1S/C14H17ClN4O/c1-10-8-19(7-6-16-10)9-13-17-14(20-18-13)11-4-2-3-5-12(11)15/h2-5,10,16H,6-9H2,1H3/t10-/m1/s1. The lowest BCUT2D eigenvalue weighted by Crippen LogP contribution is -2.48. The van der Waals surface area contributed by atoms with Crippen molar-refractivity contribution in [2.24, 2.45) is 0 Å². The first-order chi connectivity index (χ1) is 9.72. The number of rotatable bonds is 3. The van der Waals surface area contributed by atoms with Crippen molar-refractivity contribution in [3.05, 3.63) is 35.1 Å². The first kappa shape index (κ1) is 13.5. The van der Waals surface area contributed by atoms with Crippen LogP contribution in [0.25, 0.3) is 11.5 Å². The maximum Gasteiger partial charge on any atom is 0.259 e. The van der Waals surface area contributed by atoms with Crippen molar-refractivity contribution in [2.45, 2.75) is 19.5 Å². The summed E-state index contributed by atoms with van der Waals surface area (Å²) in [6, 6.07) is 7.98. The molecule has 1 aliphatic heterocycles. The number of hydrogen-bond donors (Lipinski definition) is 1. The van der Waals surface area contributed by atoms with Crippen molar-refractivity contribution in [2.75, 3.05) is 19.6 Å². The highest BCUT2D eigenvalue weighted by Crippen LogP contribution is 2.25. The van der Waals surface area contributed by atoms with Crippen molar-refractivity contribution in [3.63, 3.8) is 0 Å². The Kier molecular flexibility index (Phi) is 4.00. The average Bonchev–Trinajstić information content (AvgIpc) is 2.87. The van der Waals surface area contributed by atoms with Crippen LogP contribution in [-0.2, 0) is 6.54 Å². The molecule has 1 aromatic heterocycles. The zero-order valence-electron chi connectivity index (χ0n) is 11.3.